The molecular weight excluding hydrogens is 370 g/mol. The molecule has 0 bridgehead atoms. The zero-order valence-corrected chi connectivity index (χ0v) is 16.2. The summed E-state index contributed by atoms with van der Waals surface area (Å²) in [6, 6.07) is 15.3. The summed E-state index contributed by atoms with van der Waals surface area (Å²) in [7, 11) is -3.71. The SMILES string of the molecule is O=S(=O)(c1ccc(Cl)cc1)N(CC(O)c1ccccc1)C1CCCCC1. The third-order valence-electron chi connectivity index (χ3n) is 4.94. The van der Waals surface area contributed by atoms with Crippen LogP contribution in [-0.4, -0.2) is 30.4 Å². The molecule has 1 unspecified atom stereocenters. The van der Waals surface area contributed by atoms with Crippen LogP contribution >= 0.6 is 11.6 Å². The molecule has 4 nitrogen and oxygen atoms in total. The first-order chi connectivity index (χ1) is 12.5. The van der Waals surface area contributed by atoms with Crippen LogP contribution in [0.15, 0.2) is 59.5 Å². The lowest BCUT2D eigenvalue weighted by atomic mass is 9.95. The number of benzene rings is 2. The Bertz CT molecular complexity index is 803. The van der Waals surface area contributed by atoms with Gasteiger partial charge >= 0.3 is 0 Å². The molecule has 1 saturated carbocycles. The molecule has 140 valence electrons. The van der Waals surface area contributed by atoms with E-state index in [0.29, 0.717) is 5.02 Å². The van der Waals surface area contributed by atoms with Crippen molar-refractivity contribution in [1.29, 1.82) is 0 Å². The van der Waals surface area contributed by atoms with E-state index < -0.39 is 16.1 Å². The first kappa shape index (κ1) is 19.4. The van der Waals surface area contributed by atoms with Gasteiger partial charge in [-0.1, -0.05) is 61.2 Å². The number of rotatable bonds is 6. The minimum absolute atomic E-state index is 0.0552. The number of halogens is 1. The third-order valence-corrected chi connectivity index (χ3v) is 7.12. The van der Waals surface area contributed by atoms with Gasteiger partial charge in [0.15, 0.2) is 0 Å². The number of hydrogen-bond acceptors (Lipinski definition) is 3. The van der Waals surface area contributed by atoms with Crippen molar-refractivity contribution < 1.29 is 13.5 Å². The predicted molar refractivity (Wildman–Crippen MR) is 104 cm³/mol. The van der Waals surface area contributed by atoms with Crippen molar-refractivity contribution in [1.82, 2.24) is 4.31 Å². The molecule has 0 spiro atoms. The highest BCUT2D eigenvalue weighted by molar-refractivity contribution is 7.89. The van der Waals surface area contributed by atoms with E-state index in [1.54, 1.807) is 12.1 Å². The number of aliphatic hydroxyl groups is 1. The Morgan fingerprint density at radius 3 is 2.23 bits per heavy atom. The van der Waals surface area contributed by atoms with Gasteiger partial charge in [0, 0.05) is 17.6 Å². The normalized spacial score (nSPS) is 17.3. The highest BCUT2D eigenvalue weighted by Gasteiger charge is 2.34. The maximum atomic E-state index is 13.3. The fraction of sp³-hybridized carbons (Fsp3) is 0.400. The monoisotopic (exact) mass is 393 g/mol. The van der Waals surface area contributed by atoms with E-state index in [-0.39, 0.29) is 17.5 Å². The van der Waals surface area contributed by atoms with E-state index in [0.717, 1.165) is 37.7 Å². The molecule has 0 amide bonds. The molecule has 6 heteroatoms. The Morgan fingerprint density at radius 1 is 1.00 bits per heavy atom. The van der Waals surface area contributed by atoms with E-state index in [9.17, 15) is 13.5 Å². The lowest BCUT2D eigenvalue weighted by Gasteiger charge is -2.34. The molecule has 0 saturated heterocycles. The first-order valence-electron chi connectivity index (χ1n) is 8.99. The molecule has 0 heterocycles. The van der Waals surface area contributed by atoms with E-state index in [1.165, 1.54) is 16.4 Å². The minimum atomic E-state index is -3.71. The average molecular weight is 394 g/mol. The summed E-state index contributed by atoms with van der Waals surface area (Å²) < 4.78 is 28.1. The minimum Gasteiger partial charge on any atom is -0.387 e. The highest BCUT2D eigenvalue weighted by atomic mass is 35.5. The van der Waals surface area contributed by atoms with Crippen molar-refractivity contribution in [2.75, 3.05) is 6.54 Å². The Balaban J connectivity index is 1.91. The van der Waals surface area contributed by atoms with Gasteiger partial charge in [-0.05, 0) is 42.7 Å². The summed E-state index contributed by atoms with van der Waals surface area (Å²) >= 11 is 5.91. The second kappa shape index (κ2) is 8.53. The summed E-state index contributed by atoms with van der Waals surface area (Å²) in [5, 5.41) is 11.1. The fourth-order valence-corrected chi connectivity index (χ4v) is 5.32. The van der Waals surface area contributed by atoms with Gasteiger partial charge in [-0.25, -0.2) is 8.42 Å². The van der Waals surface area contributed by atoms with Crippen LogP contribution in [0.2, 0.25) is 5.02 Å². The number of sulfonamides is 1. The lowest BCUT2D eigenvalue weighted by molar-refractivity contribution is 0.123. The zero-order chi connectivity index (χ0) is 18.6. The Kier molecular flexibility index (Phi) is 6.35. The van der Waals surface area contributed by atoms with Crippen molar-refractivity contribution in [3.8, 4) is 0 Å². The van der Waals surface area contributed by atoms with E-state index in [2.05, 4.69) is 0 Å². The van der Waals surface area contributed by atoms with Crippen molar-refractivity contribution in [2.45, 2.75) is 49.1 Å². The summed E-state index contributed by atoms with van der Waals surface area (Å²) in [4.78, 5) is 0.215. The van der Waals surface area contributed by atoms with Crippen molar-refractivity contribution in [2.24, 2.45) is 0 Å². The molecule has 1 aliphatic rings. The smallest absolute Gasteiger partial charge is 0.243 e. The maximum absolute atomic E-state index is 13.3. The van der Waals surface area contributed by atoms with Crippen LogP contribution in [0.3, 0.4) is 0 Å². The summed E-state index contributed by atoms with van der Waals surface area (Å²) in [5.41, 5.74) is 0.722. The molecule has 3 rings (SSSR count). The molecule has 1 fully saturated rings. The van der Waals surface area contributed by atoms with Crippen LogP contribution in [0, 0.1) is 0 Å². The van der Waals surface area contributed by atoms with Gasteiger partial charge in [-0.3, -0.25) is 0 Å². The lowest BCUT2D eigenvalue weighted by Crippen LogP contribution is -2.43. The van der Waals surface area contributed by atoms with Crippen molar-refractivity contribution in [3.63, 3.8) is 0 Å². The summed E-state index contributed by atoms with van der Waals surface area (Å²) in [6.45, 7) is 0.0552. The molecule has 2 aromatic carbocycles. The van der Waals surface area contributed by atoms with Crippen LogP contribution in [0.4, 0.5) is 0 Å². The molecule has 26 heavy (non-hydrogen) atoms. The largest absolute Gasteiger partial charge is 0.387 e. The fourth-order valence-electron chi connectivity index (χ4n) is 3.51. The van der Waals surface area contributed by atoms with E-state index >= 15 is 0 Å². The zero-order valence-electron chi connectivity index (χ0n) is 14.6. The van der Waals surface area contributed by atoms with Crippen LogP contribution < -0.4 is 0 Å². The van der Waals surface area contributed by atoms with Crippen molar-refractivity contribution >= 4 is 21.6 Å². The molecular formula is C20H24ClNO3S. The molecule has 2 aromatic rings. The molecule has 1 N–H and O–H groups in total. The van der Waals surface area contributed by atoms with Crippen LogP contribution in [0.1, 0.15) is 43.8 Å². The molecule has 0 aromatic heterocycles. The topological polar surface area (TPSA) is 57.6 Å². The Hall–Kier alpha value is -1.40. The first-order valence-corrected chi connectivity index (χ1v) is 10.8. The molecule has 1 atom stereocenters. The maximum Gasteiger partial charge on any atom is 0.243 e. The Labute approximate surface area is 160 Å². The number of nitrogens with zero attached hydrogens (tertiary/aromatic N) is 1. The number of hydrogen-bond donors (Lipinski definition) is 1. The molecule has 0 aliphatic heterocycles. The quantitative estimate of drug-likeness (QED) is 0.791. The summed E-state index contributed by atoms with van der Waals surface area (Å²) in [6.07, 6.45) is 3.95. The second-order valence-electron chi connectivity index (χ2n) is 6.75. The van der Waals surface area contributed by atoms with Crippen LogP contribution in [0.25, 0.3) is 0 Å². The average Bonchev–Trinajstić information content (AvgIpc) is 2.67. The predicted octanol–water partition coefficient (Wildman–Crippen LogP) is 4.40. The second-order valence-corrected chi connectivity index (χ2v) is 9.07. The van der Waals surface area contributed by atoms with Crippen LogP contribution in [0.5, 0.6) is 0 Å². The van der Waals surface area contributed by atoms with Gasteiger partial charge in [0.1, 0.15) is 0 Å². The van der Waals surface area contributed by atoms with Crippen molar-refractivity contribution in [3.05, 3.63) is 65.2 Å². The van der Waals surface area contributed by atoms with Gasteiger partial charge in [0.2, 0.25) is 10.0 Å². The molecule has 0 radical (unpaired) electrons. The summed E-state index contributed by atoms with van der Waals surface area (Å²) in [5.74, 6) is 0. The van der Waals surface area contributed by atoms with Gasteiger partial charge in [-0.15, -0.1) is 0 Å². The van der Waals surface area contributed by atoms with Gasteiger partial charge in [-0.2, -0.15) is 4.31 Å². The number of aliphatic hydroxyl groups excluding tert-OH is 1. The highest BCUT2D eigenvalue weighted by Crippen LogP contribution is 2.30. The van der Waals surface area contributed by atoms with Gasteiger partial charge in [0.05, 0.1) is 11.0 Å². The van der Waals surface area contributed by atoms with E-state index in [1.807, 2.05) is 30.3 Å². The van der Waals surface area contributed by atoms with Gasteiger partial charge < -0.3 is 5.11 Å². The Morgan fingerprint density at radius 2 is 1.62 bits per heavy atom. The van der Waals surface area contributed by atoms with Crippen LogP contribution in [-0.2, 0) is 10.0 Å². The van der Waals surface area contributed by atoms with E-state index in [4.69, 9.17) is 11.6 Å². The standard InChI is InChI=1S/C20H24ClNO3S/c21-17-11-13-19(14-12-17)26(24,25)22(18-9-5-2-6-10-18)15-20(23)16-7-3-1-4-8-16/h1,3-4,7-8,11-14,18,20,23H,2,5-6,9-10,15H2. The molecule has 1 aliphatic carbocycles. The third kappa shape index (κ3) is 4.46. The van der Waals surface area contributed by atoms with Gasteiger partial charge in [0.25, 0.3) is 0 Å².